The van der Waals surface area contributed by atoms with E-state index in [1.165, 1.54) is 0 Å². The number of hydrogen-bond acceptors (Lipinski definition) is 2. The third-order valence-corrected chi connectivity index (χ3v) is 4.24. The van der Waals surface area contributed by atoms with Crippen molar-refractivity contribution in [3.05, 3.63) is 30.1 Å². The lowest BCUT2D eigenvalue weighted by Crippen LogP contribution is -2.35. The minimum absolute atomic E-state index is 0.357. The van der Waals surface area contributed by atoms with Crippen molar-refractivity contribution < 1.29 is 5.11 Å². The van der Waals surface area contributed by atoms with Gasteiger partial charge in [-0.05, 0) is 43.1 Å². The number of pyridine rings is 1. The van der Waals surface area contributed by atoms with Crippen LogP contribution in [0.2, 0.25) is 0 Å². The molecule has 0 aliphatic heterocycles. The number of rotatable bonds is 1. The van der Waals surface area contributed by atoms with E-state index in [1.807, 2.05) is 12.1 Å². The maximum absolute atomic E-state index is 10.7. The van der Waals surface area contributed by atoms with Crippen molar-refractivity contribution in [1.29, 1.82) is 0 Å². The third kappa shape index (κ3) is 2.68. The van der Waals surface area contributed by atoms with Gasteiger partial charge >= 0.3 is 0 Å². The molecule has 0 atom stereocenters. The van der Waals surface area contributed by atoms with Gasteiger partial charge in [0.2, 0.25) is 0 Å². The molecule has 1 heterocycles. The van der Waals surface area contributed by atoms with Crippen LogP contribution in [0.3, 0.4) is 0 Å². The molecule has 1 aromatic rings. The largest absolute Gasteiger partial charge is 0.385 e. The first-order chi connectivity index (χ1) is 7.92. The molecular formula is C15H23NO. The van der Waals surface area contributed by atoms with E-state index in [4.69, 9.17) is 0 Å². The molecule has 1 aliphatic rings. The molecule has 0 aromatic carbocycles. The second kappa shape index (κ2) is 4.41. The Morgan fingerprint density at radius 1 is 1.29 bits per heavy atom. The van der Waals surface area contributed by atoms with Crippen LogP contribution in [0, 0.1) is 11.3 Å². The van der Waals surface area contributed by atoms with Crippen LogP contribution < -0.4 is 0 Å². The van der Waals surface area contributed by atoms with E-state index >= 15 is 0 Å². The van der Waals surface area contributed by atoms with Crippen LogP contribution in [0.5, 0.6) is 0 Å². The number of aliphatic hydroxyl groups is 1. The quantitative estimate of drug-likeness (QED) is 0.805. The van der Waals surface area contributed by atoms with Gasteiger partial charge in [-0.3, -0.25) is 4.98 Å². The molecule has 0 bridgehead atoms. The fraction of sp³-hybridized carbons (Fsp3) is 0.667. The molecular weight excluding hydrogens is 210 g/mol. The fourth-order valence-corrected chi connectivity index (χ4v) is 2.89. The highest BCUT2D eigenvalue weighted by atomic mass is 16.3. The van der Waals surface area contributed by atoms with E-state index in [1.54, 1.807) is 12.4 Å². The Balaban J connectivity index is 2.08. The van der Waals surface area contributed by atoms with Gasteiger partial charge in [-0.25, -0.2) is 0 Å². The van der Waals surface area contributed by atoms with Gasteiger partial charge in [-0.1, -0.05) is 26.8 Å². The van der Waals surface area contributed by atoms with Crippen molar-refractivity contribution in [2.24, 2.45) is 11.3 Å². The Morgan fingerprint density at radius 3 is 2.41 bits per heavy atom. The van der Waals surface area contributed by atoms with Crippen molar-refractivity contribution in [3.8, 4) is 0 Å². The van der Waals surface area contributed by atoms with E-state index in [9.17, 15) is 5.11 Å². The van der Waals surface area contributed by atoms with E-state index in [-0.39, 0.29) is 0 Å². The summed E-state index contributed by atoms with van der Waals surface area (Å²) in [6.45, 7) is 6.89. The van der Waals surface area contributed by atoms with Crippen molar-refractivity contribution in [1.82, 2.24) is 4.98 Å². The average molecular weight is 233 g/mol. The van der Waals surface area contributed by atoms with E-state index in [0.29, 0.717) is 5.41 Å². The summed E-state index contributed by atoms with van der Waals surface area (Å²) in [5.74, 6) is 0.722. The predicted octanol–water partition coefficient (Wildman–Crippen LogP) is 3.51. The summed E-state index contributed by atoms with van der Waals surface area (Å²) in [6.07, 6.45) is 7.50. The van der Waals surface area contributed by atoms with Gasteiger partial charge in [0.15, 0.2) is 0 Å². The third-order valence-electron chi connectivity index (χ3n) is 4.24. The maximum atomic E-state index is 10.7. The Hall–Kier alpha value is -0.890. The number of nitrogens with zero attached hydrogens (tertiary/aromatic N) is 1. The molecule has 0 amide bonds. The molecule has 94 valence electrons. The van der Waals surface area contributed by atoms with Gasteiger partial charge in [0.25, 0.3) is 0 Å². The van der Waals surface area contributed by atoms with Crippen LogP contribution in [-0.4, -0.2) is 10.1 Å². The van der Waals surface area contributed by atoms with Crippen molar-refractivity contribution >= 4 is 0 Å². The summed E-state index contributed by atoms with van der Waals surface area (Å²) in [5, 5.41) is 10.7. The van der Waals surface area contributed by atoms with Crippen LogP contribution in [0.1, 0.15) is 52.0 Å². The molecule has 0 unspecified atom stereocenters. The Morgan fingerprint density at radius 2 is 1.94 bits per heavy atom. The lowest BCUT2D eigenvalue weighted by molar-refractivity contribution is -0.0300. The normalized spacial score (nSPS) is 30.2. The van der Waals surface area contributed by atoms with E-state index < -0.39 is 5.60 Å². The van der Waals surface area contributed by atoms with Crippen molar-refractivity contribution in [2.75, 3.05) is 0 Å². The van der Waals surface area contributed by atoms with Crippen LogP contribution in [0.4, 0.5) is 0 Å². The van der Waals surface area contributed by atoms with Crippen molar-refractivity contribution in [2.45, 2.75) is 52.1 Å². The zero-order valence-electron chi connectivity index (χ0n) is 11.1. The molecule has 1 aromatic heterocycles. The topological polar surface area (TPSA) is 33.1 Å². The highest BCUT2D eigenvalue weighted by Crippen LogP contribution is 2.45. The smallest absolute Gasteiger partial charge is 0.0911 e. The van der Waals surface area contributed by atoms with Gasteiger partial charge in [0, 0.05) is 18.0 Å². The summed E-state index contributed by atoms with van der Waals surface area (Å²) in [5.41, 5.74) is 0.694. The molecule has 0 radical (unpaired) electrons. The fourth-order valence-electron chi connectivity index (χ4n) is 2.89. The SMILES string of the molecule is CC(C)(C)C1CCC(O)(c2cccnc2)CC1. The zero-order chi connectivity index (χ0) is 12.5. The lowest BCUT2D eigenvalue weighted by Gasteiger charge is -2.41. The standard InChI is InChI=1S/C15H23NO/c1-14(2,3)12-6-8-15(17,9-7-12)13-5-4-10-16-11-13/h4-5,10-12,17H,6-9H2,1-3H3. The Labute approximate surface area is 104 Å². The second-order valence-corrected chi connectivity index (χ2v) is 6.41. The summed E-state index contributed by atoms with van der Waals surface area (Å²) < 4.78 is 0. The van der Waals surface area contributed by atoms with E-state index in [0.717, 1.165) is 37.2 Å². The molecule has 1 saturated carbocycles. The van der Waals surface area contributed by atoms with Crippen molar-refractivity contribution in [3.63, 3.8) is 0 Å². The monoisotopic (exact) mass is 233 g/mol. The molecule has 1 fully saturated rings. The molecule has 17 heavy (non-hydrogen) atoms. The van der Waals surface area contributed by atoms with Crippen LogP contribution in [0.25, 0.3) is 0 Å². The molecule has 1 aliphatic carbocycles. The molecule has 2 rings (SSSR count). The maximum Gasteiger partial charge on any atom is 0.0911 e. The Kier molecular flexibility index (Phi) is 3.26. The average Bonchev–Trinajstić information content (AvgIpc) is 2.29. The summed E-state index contributed by atoms with van der Waals surface area (Å²) in [7, 11) is 0. The summed E-state index contributed by atoms with van der Waals surface area (Å²) in [6, 6.07) is 3.90. The van der Waals surface area contributed by atoms with Gasteiger partial charge in [0.1, 0.15) is 0 Å². The number of hydrogen-bond donors (Lipinski definition) is 1. The molecule has 2 heteroatoms. The molecule has 0 spiro atoms. The highest BCUT2D eigenvalue weighted by Gasteiger charge is 2.38. The lowest BCUT2D eigenvalue weighted by atomic mass is 9.67. The van der Waals surface area contributed by atoms with Crippen LogP contribution in [-0.2, 0) is 5.60 Å². The summed E-state index contributed by atoms with van der Waals surface area (Å²) in [4.78, 5) is 4.11. The minimum Gasteiger partial charge on any atom is -0.385 e. The molecule has 1 N–H and O–H groups in total. The zero-order valence-corrected chi connectivity index (χ0v) is 11.1. The first-order valence-corrected chi connectivity index (χ1v) is 6.55. The Bertz CT molecular complexity index is 358. The van der Waals surface area contributed by atoms with Gasteiger partial charge in [-0.2, -0.15) is 0 Å². The number of aromatic nitrogens is 1. The predicted molar refractivity (Wildman–Crippen MR) is 69.5 cm³/mol. The van der Waals surface area contributed by atoms with Gasteiger partial charge in [0.05, 0.1) is 5.60 Å². The molecule has 2 nitrogen and oxygen atoms in total. The van der Waals surface area contributed by atoms with Gasteiger partial charge in [-0.15, -0.1) is 0 Å². The summed E-state index contributed by atoms with van der Waals surface area (Å²) >= 11 is 0. The highest BCUT2D eigenvalue weighted by molar-refractivity contribution is 5.18. The second-order valence-electron chi connectivity index (χ2n) is 6.41. The van der Waals surface area contributed by atoms with E-state index in [2.05, 4.69) is 25.8 Å². The first-order valence-electron chi connectivity index (χ1n) is 6.55. The van der Waals surface area contributed by atoms with Crippen LogP contribution >= 0.6 is 0 Å². The minimum atomic E-state index is -0.643. The van der Waals surface area contributed by atoms with Crippen LogP contribution in [0.15, 0.2) is 24.5 Å². The first kappa shape index (κ1) is 12.6. The van der Waals surface area contributed by atoms with Gasteiger partial charge < -0.3 is 5.11 Å². The molecule has 0 saturated heterocycles.